The van der Waals surface area contributed by atoms with Gasteiger partial charge in [0.15, 0.2) is 0 Å². The van der Waals surface area contributed by atoms with Gasteiger partial charge in [-0.3, -0.25) is 9.59 Å². The molecule has 0 bridgehead atoms. The zero-order valence-corrected chi connectivity index (χ0v) is 15.6. The van der Waals surface area contributed by atoms with Gasteiger partial charge >= 0.3 is 0 Å². The third kappa shape index (κ3) is 2.60. The van der Waals surface area contributed by atoms with E-state index in [-0.39, 0.29) is 5.91 Å². The molecule has 4 rings (SSSR count). The first-order valence-corrected chi connectivity index (χ1v) is 9.12. The summed E-state index contributed by atoms with van der Waals surface area (Å²) in [7, 11) is 0. The summed E-state index contributed by atoms with van der Waals surface area (Å²) in [5.41, 5.74) is 15.0. The van der Waals surface area contributed by atoms with Crippen molar-refractivity contribution in [2.45, 2.75) is 26.7 Å². The lowest BCUT2D eigenvalue weighted by atomic mass is 9.90. The lowest BCUT2D eigenvalue weighted by Gasteiger charge is -2.18. The molecule has 2 aromatic carbocycles. The molecule has 27 heavy (non-hydrogen) atoms. The number of nitrogens with two attached hydrogens (primary N) is 1. The van der Waals surface area contributed by atoms with Crippen LogP contribution in [0, 0.1) is 0 Å². The number of rotatable bonds is 3. The second kappa shape index (κ2) is 6.23. The first kappa shape index (κ1) is 17.3. The lowest BCUT2D eigenvalue weighted by molar-refractivity contribution is -0.114. The first-order valence-electron chi connectivity index (χ1n) is 9.12. The van der Waals surface area contributed by atoms with Crippen LogP contribution in [0.25, 0.3) is 16.7 Å². The summed E-state index contributed by atoms with van der Waals surface area (Å²) in [6, 6.07) is 10.1. The van der Waals surface area contributed by atoms with Crippen molar-refractivity contribution < 1.29 is 9.59 Å². The van der Waals surface area contributed by atoms with E-state index in [1.165, 1.54) is 22.8 Å². The lowest BCUT2D eigenvalue weighted by Crippen LogP contribution is -2.26. The van der Waals surface area contributed by atoms with Gasteiger partial charge in [-0.15, -0.1) is 0 Å². The van der Waals surface area contributed by atoms with Crippen LogP contribution in [0.5, 0.6) is 0 Å². The molecule has 0 saturated heterocycles. The van der Waals surface area contributed by atoms with Crippen LogP contribution < -0.4 is 10.6 Å². The molecule has 136 valence electrons. The Kier molecular flexibility index (Phi) is 3.99. The van der Waals surface area contributed by atoms with Gasteiger partial charge in [-0.1, -0.05) is 30.4 Å². The number of primary amides is 1. The predicted molar refractivity (Wildman–Crippen MR) is 109 cm³/mol. The Morgan fingerprint density at radius 3 is 2.67 bits per heavy atom. The van der Waals surface area contributed by atoms with E-state index in [1.54, 1.807) is 4.90 Å². The number of fused-ring (bicyclic) bond motifs is 2. The van der Waals surface area contributed by atoms with Crippen molar-refractivity contribution >= 4 is 23.1 Å². The minimum Gasteiger partial charge on any atom is -0.366 e. The Balaban J connectivity index is 1.89. The zero-order chi connectivity index (χ0) is 19.3. The maximum Gasteiger partial charge on any atom is 0.250 e. The summed E-state index contributed by atoms with van der Waals surface area (Å²) in [5.74, 6) is -0.468. The maximum absolute atomic E-state index is 12.2. The van der Waals surface area contributed by atoms with E-state index < -0.39 is 5.91 Å². The van der Waals surface area contributed by atoms with Crippen molar-refractivity contribution in [2.24, 2.45) is 5.73 Å². The fourth-order valence-electron chi connectivity index (χ4n) is 4.23. The van der Waals surface area contributed by atoms with Gasteiger partial charge in [-0.05, 0) is 78.3 Å². The molecule has 2 aliphatic rings. The summed E-state index contributed by atoms with van der Waals surface area (Å²) in [5, 5.41) is 0. The molecule has 2 amide bonds. The molecule has 4 heteroatoms. The number of hydrogen-bond donors (Lipinski definition) is 1. The van der Waals surface area contributed by atoms with Gasteiger partial charge in [-0.25, -0.2) is 0 Å². The molecule has 0 aromatic heterocycles. The van der Waals surface area contributed by atoms with Crippen LogP contribution in [-0.4, -0.2) is 18.4 Å². The number of anilines is 1. The van der Waals surface area contributed by atoms with Crippen molar-refractivity contribution in [1.29, 1.82) is 0 Å². The molecule has 2 aromatic rings. The normalized spacial score (nSPS) is 15.0. The van der Waals surface area contributed by atoms with Crippen molar-refractivity contribution in [3.8, 4) is 11.1 Å². The van der Waals surface area contributed by atoms with E-state index in [0.29, 0.717) is 12.1 Å². The van der Waals surface area contributed by atoms with E-state index in [0.717, 1.165) is 40.8 Å². The minimum absolute atomic E-state index is 0.0767. The van der Waals surface area contributed by atoms with Gasteiger partial charge in [0.2, 0.25) is 11.8 Å². The Hall–Kier alpha value is -3.14. The second-order valence-corrected chi connectivity index (χ2v) is 7.25. The predicted octanol–water partition coefficient (Wildman–Crippen LogP) is 3.88. The number of benzene rings is 2. The fourth-order valence-corrected chi connectivity index (χ4v) is 4.23. The molecular formula is C23H22N2O2. The number of allylic oxidation sites excluding steroid dienone is 2. The summed E-state index contributed by atoms with van der Waals surface area (Å²) < 4.78 is 0. The molecule has 1 heterocycles. The maximum atomic E-state index is 12.2. The summed E-state index contributed by atoms with van der Waals surface area (Å²) in [4.78, 5) is 25.8. The molecule has 0 fully saturated rings. The van der Waals surface area contributed by atoms with Crippen LogP contribution in [-0.2, 0) is 17.6 Å². The van der Waals surface area contributed by atoms with Gasteiger partial charge in [0.25, 0.3) is 0 Å². The molecule has 4 nitrogen and oxygen atoms in total. The molecule has 0 spiro atoms. The van der Waals surface area contributed by atoms with E-state index in [1.807, 2.05) is 12.1 Å². The van der Waals surface area contributed by atoms with Crippen LogP contribution in [0.2, 0.25) is 0 Å². The first-order chi connectivity index (χ1) is 12.9. The molecule has 0 radical (unpaired) electrons. The van der Waals surface area contributed by atoms with Crippen LogP contribution in [0.4, 0.5) is 5.69 Å². The molecule has 0 atom stereocenters. The smallest absolute Gasteiger partial charge is 0.250 e. The number of hydrogen-bond acceptors (Lipinski definition) is 2. The van der Waals surface area contributed by atoms with Crippen molar-refractivity contribution in [1.82, 2.24) is 0 Å². The molecular weight excluding hydrogens is 336 g/mol. The van der Waals surface area contributed by atoms with Gasteiger partial charge in [0.05, 0.1) is 0 Å². The van der Waals surface area contributed by atoms with E-state index in [2.05, 4.69) is 38.6 Å². The molecule has 0 saturated carbocycles. The average Bonchev–Trinajstić information content (AvgIpc) is 3.21. The van der Waals surface area contributed by atoms with E-state index >= 15 is 0 Å². The minimum atomic E-state index is -0.392. The molecule has 0 unspecified atom stereocenters. The summed E-state index contributed by atoms with van der Waals surface area (Å²) in [6.07, 6.45) is 2.96. The van der Waals surface area contributed by atoms with Gasteiger partial charge in [0.1, 0.15) is 0 Å². The van der Waals surface area contributed by atoms with Gasteiger partial charge < -0.3 is 10.6 Å². The Labute approximate surface area is 159 Å². The highest BCUT2D eigenvalue weighted by Crippen LogP contribution is 2.42. The van der Waals surface area contributed by atoms with Crippen molar-refractivity contribution in [3.05, 3.63) is 70.8 Å². The van der Waals surface area contributed by atoms with Crippen molar-refractivity contribution in [2.75, 3.05) is 11.4 Å². The van der Waals surface area contributed by atoms with Crippen LogP contribution in [0.15, 0.2) is 48.6 Å². The number of nitrogens with zero attached hydrogens (tertiary/aromatic N) is 1. The van der Waals surface area contributed by atoms with Gasteiger partial charge in [-0.2, -0.15) is 0 Å². The largest absolute Gasteiger partial charge is 0.366 e. The van der Waals surface area contributed by atoms with Gasteiger partial charge in [0, 0.05) is 17.8 Å². The molecule has 2 N–H and O–H groups in total. The van der Waals surface area contributed by atoms with E-state index in [4.69, 9.17) is 5.73 Å². The highest BCUT2D eigenvalue weighted by Gasteiger charge is 2.27. The SMILES string of the molecule is C=CC(=O)N1CCc2ccc(-c3ccc(C(N)=O)c4c3C(C)=C(C)C4)cc21. The third-order valence-electron chi connectivity index (χ3n) is 5.77. The highest BCUT2D eigenvalue weighted by atomic mass is 16.2. The van der Waals surface area contributed by atoms with E-state index in [9.17, 15) is 9.59 Å². The summed E-state index contributed by atoms with van der Waals surface area (Å²) in [6.45, 7) is 8.48. The Morgan fingerprint density at radius 2 is 1.96 bits per heavy atom. The zero-order valence-electron chi connectivity index (χ0n) is 15.6. The molecule has 1 aliphatic heterocycles. The Morgan fingerprint density at radius 1 is 1.19 bits per heavy atom. The topological polar surface area (TPSA) is 63.4 Å². The van der Waals surface area contributed by atoms with Crippen LogP contribution in [0.1, 0.15) is 40.9 Å². The Bertz CT molecular complexity index is 1050. The second-order valence-electron chi connectivity index (χ2n) is 7.25. The molecule has 1 aliphatic carbocycles. The third-order valence-corrected chi connectivity index (χ3v) is 5.77. The quantitative estimate of drug-likeness (QED) is 0.847. The number of amides is 2. The fraction of sp³-hybridized carbons (Fsp3) is 0.217. The summed E-state index contributed by atoms with van der Waals surface area (Å²) >= 11 is 0. The highest BCUT2D eigenvalue weighted by molar-refractivity contribution is 6.04. The average molecular weight is 358 g/mol. The number of carbonyl (C=O) groups excluding carboxylic acids is 2. The monoisotopic (exact) mass is 358 g/mol. The van der Waals surface area contributed by atoms with Crippen LogP contribution in [0.3, 0.4) is 0 Å². The van der Waals surface area contributed by atoms with Crippen LogP contribution >= 0.6 is 0 Å². The number of carbonyl (C=O) groups is 2. The van der Waals surface area contributed by atoms with Crippen molar-refractivity contribution in [3.63, 3.8) is 0 Å². The standard InChI is InChI=1S/C23H22N2O2/c1-4-21(26)25-10-9-15-5-6-16(12-20(15)25)17-7-8-18(23(24)27)19-11-13(2)14(3)22(17)19/h4-8,12H,1,9-11H2,2-3H3,(H2,24,27).